The van der Waals surface area contributed by atoms with E-state index in [9.17, 15) is 13.6 Å². The van der Waals surface area contributed by atoms with Crippen LogP contribution in [-0.2, 0) is 6.42 Å². The van der Waals surface area contributed by atoms with Crippen molar-refractivity contribution in [3.63, 3.8) is 0 Å². The minimum absolute atomic E-state index is 0.121. The van der Waals surface area contributed by atoms with Gasteiger partial charge < -0.3 is 10.1 Å². The number of rotatable bonds is 5. The first-order chi connectivity index (χ1) is 12.1. The second kappa shape index (κ2) is 7.40. The summed E-state index contributed by atoms with van der Waals surface area (Å²) in [4.78, 5) is 16.4. The van der Waals surface area contributed by atoms with E-state index in [2.05, 4.69) is 10.3 Å². The van der Waals surface area contributed by atoms with Crippen molar-refractivity contribution in [2.24, 2.45) is 0 Å². The summed E-state index contributed by atoms with van der Waals surface area (Å²) in [5, 5.41) is 4.51. The van der Waals surface area contributed by atoms with E-state index >= 15 is 0 Å². The Hall–Kier alpha value is -2.80. The van der Waals surface area contributed by atoms with Crippen LogP contribution in [0.1, 0.15) is 21.1 Å². The molecular weight excluding hydrogens is 346 g/mol. The standard InChI is InChI=1S/C18H14F2N2O2S/c1-24-12-7-5-11(6-8-12)9-16-21-15(10-25-16)18(23)22-17-13(19)3-2-4-14(17)20/h2-8,10H,9H2,1H3,(H,22,23). The first-order valence-electron chi connectivity index (χ1n) is 7.39. The molecule has 0 aliphatic rings. The molecule has 128 valence electrons. The fraction of sp³-hybridized carbons (Fsp3) is 0.111. The van der Waals surface area contributed by atoms with Crippen molar-refractivity contribution >= 4 is 22.9 Å². The van der Waals surface area contributed by atoms with Gasteiger partial charge in [0.2, 0.25) is 0 Å². The molecule has 4 nitrogen and oxygen atoms in total. The number of nitrogens with zero attached hydrogens (tertiary/aromatic N) is 1. The van der Waals surface area contributed by atoms with Crippen LogP contribution >= 0.6 is 11.3 Å². The van der Waals surface area contributed by atoms with Crippen molar-refractivity contribution in [1.82, 2.24) is 4.98 Å². The number of benzene rings is 2. The summed E-state index contributed by atoms with van der Waals surface area (Å²) in [5.41, 5.74) is 0.663. The molecule has 7 heteroatoms. The number of methoxy groups -OCH3 is 1. The number of carbonyl (C=O) groups excluding carboxylic acids is 1. The Kier molecular flexibility index (Phi) is 5.04. The van der Waals surface area contributed by atoms with Gasteiger partial charge in [0.25, 0.3) is 5.91 Å². The Morgan fingerprint density at radius 1 is 1.16 bits per heavy atom. The molecule has 1 aromatic heterocycles. The number of amides is 1. The van der Waals surface area contributed by atoms with Crippen LogP contribution in [0, 0.1) is 11.6 Å². The fourth-order valence-electron chi connectivity index (χ4n) is 2.21. The van der Waals surface area contributed by atoms with Crippen LogP contribution in [0.25, 0.3) is 0 Å². The average Bonchev–Trinajstić information content (AvgIpc) is 3.07. The lowest BCUT2D eigenvalue weighted by Gasteiger charge is -2.05. The molecule has 0 aliphatic carbocycles. The number of carbonyl (C=O) groups is 1. The molecule has 0 fully saturated rings. The normalized spacial score (nSPS) is 10.5. The van der Waals surface area contributed by atoms with Crippen LogP contribution in [0.3, 0.4) is 0 Å². The van der Waals surface area contributed by atoms with Gasteiger partial charge in [-0.1, -0.05) is 18.2 Å². The highest BCUT2D eigenvalue weighted by Crippen LogP contribution is 2.21. The number of nitrogens with one attached hydrogen (secondary N) is 1. The maximum absolute atomic E-state index is 13.6. The van der Waals surface area contributed by atoms with Gasteiger partial charge >= 0.3 is 0 Å². The third-order valence-electron chi connectivity index (χ3n) is 3.50. The zero-order valence-corrected chi connectivity index (χ0v) is 14.1. The lowest BCUT2D eigenvalue weighted by Crippen LogP contribution is -2.14. The van der Waals surface area contributed by atoms with E-state index in [1.807, 2.05) is 24.3 Å². The Labute approximate surface area is 147 Å². The summed E-state index contributed by atoms with van der Waals surface area (Å²) in [6.07, 6.45) is 0.552. The number of ether oxygens (including phenoxy) is 1. The molecule has 0 radical (unpaired) electrons. The van der Waals surface area contributed by atoms with Gasteiger partial charge in [-0.15, -0.1) is 11.3 Å². The lowest BCUT2D eigenvalue weighted by molar-refractivity contribution is 0.102. The molecule has 2 aromatic carbocycles. The number of anilines is 1. The summed E-state index contributed by atoms with van der Waals surface area (Å²) in [6.45, 7) is 0. The molecule has 0 bridgehead atoms. The summed E-state index contributed by atoms with van der Waals surface area (Å²) in [5.74, 6) is -1.56. The number of hydrogen-bond donors (Lipinski definition) is 1. The second-order valence-electron chi connectivity index (χ2n) is 5.20. The Bertz CT molecular complexity index is 874. The maximum atomic E-state index is 13.6. The van der Waals surface area contributed by atoms with E-state index in [4.69, 9.17) is 4.74 Å². The molecule has 1 amide bonds. The Balaban J connectivity index is 1.71. The van der Waals surface area contributed by atoms with Crippen molar-refractivity contribution in [3.05, 3.63) is 75.7 Å². The van der Waals surface area contributed by atoms with Gasteiger partial charge in [-0.25, -0.2) is 13.8 Å². The van der Waals surface area contributed by atoms with Crippen molar-refractivity contribution in [2.45, 2.75) is 6.42 Å². The van der Waals surface area contributed by atoms with Gasteiger partial charge in [0.15, 0.2) is 0 Å². The average molecular weight is 360 g/mol. The predicted octanol–water partition coefficient (Wildman–Crippen LogP) is 4.27. The second-order valence-corrected chi connectivity index (χ2v) is 6.14. The van der Waals surface area contributed by atoms with Crippen LogP contribution in [0.15, 0.2) is 47.8 Å². The monoisotopic (exact) mass is 360 g/mol. The van der Waals surface area contributed by atoms with E-state index in [1.165, 1.54) is 17.4 Å². The van der Waals surface area contributed by atoms with Crippen LogP contribution in [0.2, 0.25) is 0 Å². The van der Waals surface area contributed by atoms with Crippen LogP contribution < -0.4 is 10.1 Å². The molecule has 1 heterocycles. The molecule has 0 aliphatic heterocycles. The number of halogens is 2. The molecule has 0 saturated carbocycles. The summed E-state index contributed by atoms with van der Waals surface area (Å²) in [7, 11) is 1.60. The van der Waals surface area contributed by atoms with Gasteiger partial charge in [0, 0.05) is 11.8 Å². The quantitative estimate of drug-likeness (QED) is 0.739. The van der Waals surface area contributed by atoms with Gasteiger partial charge in [0.1, 0.15) is 28.8 Å². The first-order valence-corrected chi connectivity index (χ1v) is 8.27. The number of hydrogen-bond acceptors (Lipinski definition) is 4. The van der Waals surface area contributed by atoms with Crippen LogP contribution in [-0.4, -0.2) is 18.0 Å². The maximum Gasteiger partial charge on any atom is 0.275 e. The molecule has 0 unspecified atom stereocenters. The third-order valence-corrected chi connectivity index (χ3v) is 4.35. The summed E-state index contributed by atoms with van der Waals surface area (Å²) in [6, 6.07) is 10.9. The number of thiazole rings is 1. The molecule has 3 aromatic rings. The van der Waals surface area contributed by atoms with E-state index in [0.717, 1.165) is 28.5 Å². The zero-order valence-electron chi connectivity index (χ0n) is 13.3. The molecular formula is C18H14F2N2O2S. The predicted molar refractivity (Wildman–Crippen MR) is 92.2 cm³/mol. The number of para-hydroxylation sites is 1. The van der Waals surface area contributed by atoms with E-state index in [1.54, 1.807) is 12.5 Å². The highest BCUT2D eigenvalue weighted by Gasteiger charge is 2.16. The van der Waals surface area contributed by atoms with E-state index in [-0.39, 0.29) is 5.69 Å². The van der Waals surface area contributed by atoms with Gasteiger partial charge in [0.05, 0.1) is 12.1 Å². The van der Waals surface area contributed by atoms with Crippen molar-refractivity contribution in [2.75, 3.05) is 12.4 Å². The highest BCUT2D eigenvalue weighted by atomic mass is 32.1. The molecule has 3 rings (SSSR count). The third kappa shape index (κ3) is 4.00. The molecule has 1 N–H and O–H groups in total. The van der Waals surface area contributed by atoms with Crippen LogP contribution in [0.4, 0.5) is 14.5 Å². The Morgan fingerprint density at radius 2 is 1.84 bits per heavy atom. The summed E-state index contributed by atoms with van der Waals surface area (Å²) < 4.78 is 32.3. The zero-order chi connectivity index (χ0) is 17.8. The first kappa shape index (κ1) is 17.0. The lowest BCUT2D eigenvalue weighted by atomic mass is 10.1. The highest BCUT2D eigenvalue weighted by molar-refractivity contribution is 7.09. The molecule has 0 spiro atoms. The minimum Gasteiger partial charge on any atom is -0.497 e. The molecule has 0 atom stereocenters. The van der Waals surface area contributed by atoms with Gasteiger partial charge in [-0.05, 0) is 29.8 Å². The van der Waals surface area contributed by atoms with Crippen molar-refractivity contribution in [1.29, 1.82) is 0 Å². The van der Waals surface area contributed by atoms with Gasteiger partial charge in [-0.2, -0.15) is 0 Å². The Morgan fingerprint density at radius 3 is 2.48 bits per heavy atom. The smallest absolute Gasteiger partial charge is 0.275 e. The van der Waals surface area contributed by atoms with Crippen molar-refractivity contribution in [3.8, 4) is 5.75 Å². The topological polar surface area (TPSA) is 51.2 Å². The largest absolute Gasteiger partial charge is 0.497 e. The van der Waals surface area contributed by atoms with Crippen LogP contribution in [0.5, 0.6) is 5.75 Å². The van der Waals surface area contributed by atoms with Crippen molar-refractivity contribution < 1.29 is 18.3 Å². The molecule has 25 heavy (non-hydrogen) atoms. The van der Waals surface area contributed by atoms with Gasteiger partial charge in [-0.3, -0.25) is 4.79 Å². The molecule has 0 saturated heterocycles. The SMILES string of the molecule is COc1ccc(Cc2nc(C(=O)Nc3c(F)cccc3F)cs2)cc1. The minimum atomic E-state index is -0.831. The van der Waals surface area contributed by atoms with E-state index < -0.39 is 23.2 Å². The fourth-order valence-corrected chi connectivity index (χ4v) is 3.02. The van der Waals surface area contributed by atoms with E-state index in [0.29, 0.717) is 6.42 Å². The summed E-state index contributed by atoms with van der Waals surface area (Å²) >= 11 is 1.31. The number of aromatic nitrogens is 1.